The number of aromatic nitrogens is 1. The van der Waals surface area contributed by atoms with E-state index in [1.807, 2.05) is 0 Å². The maximum Gasteiger partial charge on any atom is 0.269 e. The number of rotatable bonds is 6. The number of halogens is 2. The second-order valence-electron chi connectivity index (χ2n) is 4.43. The third-order valence-electron chi connectivity index (χ3n) is 2.80. The van der Waals surface area contributed by atoms with E-state index >= 15 is 0 Å². The van der Waals surface area contributed by atoms with Gasteiger partial charge in [0, 0.05) is 19.3 Å². The first-order chi connectivity index (χ1) is 10.6. The van der Waals surface area contributed by atoms with Gasteiger partial charge in [0.05, 0.1) is 23.5 Å². The Hall–Kier alpha value is -2.18. The maximum absolute atomic E-state index is 13.1. The fraction of sp³-hybridized carbons (Fsp3) is 0.200. The van der Waals surface area contributed by atoms with Crippen LogP contribution < -0.4 is 10.6 Å². The highest BCUT2D eigenvalue weighted by Gasteiger charge is 2.07. The van der Waals surface area contributed by atoms with Gasteiger partial charge in [-0.15, -0.1) is 0 Å². The first-order valence-corrected chi connectivity index (χ1v) is 6.93. The molecule has 0 atom stereocenters. The number of benzene rings is 1. The van der Waals surface area contributed by atoms with Gasteiger partial charge in [0.2, 0.25) is 0 Å². The number of nitrogens with one attached hydrogen (secondary N) is 2. The van der Waals surface area contributed by atoms with E-state index in [-0.39, 0.29) is 10.9 Å². The smallest absolute Gasteiger partial charge is 0.269 e. The highest BCUT2D eigenvalue weighted by Crippen LogP contribution is 2.22. The molecule has 5 nitrogen and oxygen atoms in total. The topological polar surface area (TPSA) is 63.2 Å². The number of ether oxygens (including phenoxy) is 1. The highest BCUT2D eigenvalue weighted by molar-refractivity contribution is 6.31. The van der Waals surface area contributed by atoms with E-state index in [9.17, 15) is 9.18 Å². The van der Waals surface area contributed by atoms with Crippen LogP contribution in [0.5, 0.6) is 0 Å². The van der Waals surface area contributed by atoms with Crippen LogP contribution in [-0.4, -0.2) is 31.2 Å². The Bertz CT molecular complexity index is 650. The van der Waals surface area contributed by atoms with Gasteiger partial charge in [-0.2, -0.15) is 0 Å². The number of pyridine rings is 1. The van der Waals surface area contributed by atoms with Gasteiger partial charge in [0.1, 0.15) is 11.5 Å². The van der Waals surface area contributed by atoms with E-state index < -0.39 is 5.82 Å². The van der Waals surface area contributed by atoms with Crippen molar-refractivity contribution in [2.45, 2.75) is 0 Å². The standard InChI is InChI=1S/C15H15ClFN3O2/c1-22-7-6-18-15(21)14-5-3-11(9-19-14)20-10-2-4-13(17)12(16)8-10/h2-5,8-9,20H,6-7H2,1H3,(H,18,21). The molecular formula is C15H15ClFN3O2. The third kappa shape index (κ3) is 4.41. The van der Waals surface area contributed by atoms with Crippen molar-refractivity contribution in [1.82, 2.24) is 10.3 Å². The van der Waals surface area contributed by atoms with Crippen molar-refractivity contribution in [2.75, 3.05) is 25.6 Å². The zero-order chi connectivity index (χ0) is 15.9. The number of carbonyl (C=O) groups excluding carboxylic acids is 1. The van der Waals surface area contributed by atoms with E-state index in [0.29, 0.717) is 30.2 Å². The Labute approximate surface area is 132 Å². The maximum atomic E-state index is 13.1. The Balaban J connectivity index is 1.99. The van der Waals surface area contributed by atoms with Crippen molar-refractivity contribution in [2.24, 2.45) is 0 Å². The highest BCUT2D eigenvalue weighted by atomic mass is 35.5. The molecule has 1 aromatic heterocycles. The second-order valence-corrected chi connectivity index (χ2v) is 4.84. The SMILES string of the molecule is COCCNC(=O)c1ccc(Nc2ccc(F)c(Cl)c2)cn1. The van der Waals surface area contributed by atoms with Crippen LogP contribution in [0.4, 0.5) is 15.8 Å². The molecule has 0 fully saturated rings. The minimum Gasteiger partial charge on any atom is -0.383 e. The van der Waals surface area contributed by atoms with Gasteiger partial charge in [-0.05, 0) is 30.3 Å². The van der Waals surface area contributed by atoms with Crippen molar-refractivity contribution in [3.63, 3.8) is 0 Å². The van der Waals surface area contributed by atoms with E-state index in [4.69, 9.17) is 16.3 Å². The quantitative estimate of drug-likeness (QED) is 0.802. The van der Waals surface area contributed by atoms with Crippen LogP contribution in [-0.2, 0) is 4.74 Å². The molecule has 0 aliphatic carbocycles. The lowest BCUT2D eigenvalue weighted by atomic mass is 10.2. The van der Waals surface area contributed by atoms with Crippen LogP contribution in [0, 0.1) is 5.82 Å². The van der Waals surface area contributed by atoms with E-state index in [1.165, 1.54) is 18.3 Å². The third-order valence-corrected chi connectivity index (χ3v) is 3.09. The lowest BCUT2D eigenvalue weighted by Crippen LogP contribution is -2.27. The second kappa shape index (κ2) is 7.72. The fourth-order valence-corrected chi connectivity index (χ4v) is 1.88. The summed E-state index contributed by atoms with van der Waals surface area (Å²) in [6.07, 6.45) is 1.52. The average Bonchev–Trinajstić information content (AvgIpc) is 2.52. The molecule has 1 amide bonds. The summed E-state index contributed by atoms with van der Waals surface area (Å²) in [5.74, 6) is -0.748. The van der Waals surface area contributed by atoms with Crippen LogP contribution in [0.25, 0.3) is 0 Å². The van der Waals surface area contributed by atoms with Crippen LogP contribution >= 0.6 is 11.6 Å². The number of amides is 1. The summed E-state index contributed by atoms with van der Waals surface area (Å²) in [5.41, 5.74) is 1.60. The first-order valence-electron chi connectivity index (χ1n) is 6.55. The number of anilines is 2. The summed E-state index contributed by atoms with van der Waals surface area (Å²) in [6.45, 7) is 0.863. The molecule has 0 saturated carbocycles. The molecule has 1 heterocycles. The number of methoxy groups -OCH3 is 1. The van der Waals surface area contributed by atoms with Crippen molar-refractivity contribution >= 4 is 28.9 Å². The summed E-state index contributed by atoms with van der Waals surface area (Å²) in [5, 5.41) is 5.74. The molecule has 0 saturated heterocycles. The minimum atomic E-state index is -0.478. The van der Waals surface area contributed by atoms with Gasteiger partial charge in [-0.3, -0.25) is 4.79 Å². The summed E-state index contributed by atoms with van der Waals surface area (Å²) in [7, 11) is 1.56. The molecule has 0 bridgehead atoms. The largest absolute Gasteiger partial charge is 0.383 e. The molecule has 0 unspecified atom stereocenters. The number of hydrogen-bond acceptors (Lipinski definition) is 4. The van der Waals surface area contributed by atoms with Gasteiger partial charge >= 0.3 is 0 Å². The zero-order valence-electron chi connectivity index (χ0n) is 11.9. The molecule has 22 heavy (non-hydrogen) atoms. The lowest BCUT2D eigenvalue weighted by Gasteiger charge is -2.08. The van der Waals surface area contributed by atoms with Gasteiger partial charge in [0.15, 0.2) is 0 Å². The van der Waals surface area contributed by atoms with Crippen molar-refractivity contribution in [3.8, 4) is 0 Å². The molecule has 116 valence electrons. The summed E-state index contributed by atoms with van der Waals surface area (Å²) in [6, 6.07) is 7.61. The number of hydrogen-bond donors (Lipinski definition) is 2. The minimum absolute atomic E-state index is 0.0344. The monoisotopic (exact) mass is 323 g/mol. The van der Waals surface area contributed by atoms with Crippen molar-refractivity contribution in [3.05, 3.63) is 53.1 Å². The van der Waals surface area contributed by atoms with Gasteiger partial charge in [-0.25, -0.2) is 9.37 Å². The lowest BCUT2D eigenvalue weighted by molar-refractivity contribution is 0.0932. The Kier molecular flexibility index (Phi) is 5.68. The molecule has 0 spiro atoms. The molecular weight excluding hydrogens is 309 g/mol. The molecule has 2 N–H and O–H groups in total. The van der Waals surface area contributed by atoms with Gasteiger partial charge < -0.3 is 15.4 Å². The van der Waals surface area contributed by atoms with Crippen LogP contribution in [0.2, 0.25) is 5.02 Å². The molecule has 1 aromatic carbocycles. The van der Waals surface area contributed by atoms with E-state index in [1.54, 1.807) is 25.3 Å². The first kappa shape index (κ1) is 16.2. The van der Waals surface area contributed by atoms with Crippen LogP contribution in [0.15, 0.2) is 36.5 Å². The van der Waals surface area contributed by atoms with Crippen LogP contribution in [0.1, 0.15) is 10.5 Å². The number of carbonyl (C=O) groups is 1. The molecule has 0 radical (unpaired) electrons. The van der Waals surface area contributed by atoms with Crippen molar-refractivity contribution in [1.29, 1.82) is 0 Å². The van der Waals surface area contributed by atoms with E-state index in [2.05, 4.69) is 15.6 Å². The van der Waals surface area contributed by atoms with Gasteiger partial charge in [0.25, 0.3) is 5.91 Å². The predicted octanol–water partition coefficient (Wildman–Crippen LogP) is 2.99. The Morgan fingerprint density at radius 1 is 1.32 bits per heavy atom. The summed E-state index contributed by atoms with van der Waals surface area (Å²) in [4.78, 5) is 15.8. The summed E-state index contributed by atoms with van der Waals surface area (Å²) < 4.78 is 17.9. The molecule has 2 rings (SSSR count). The Morgan fingerprint density at radius 2 is 2.09 bits per heavy atom. The number of nitrogens with zero attached hydrogens (tertiary/aromatic N) is 1. The molecule has 0 aliphatic heterocycles. The molecule has 7 heteroatoms. The predicted molar refractivity (Wildman–Crippen MR) is 83.1 cm³/mol. The average molecular weight is 324 g/mol. The van der Waals surface area contributed by atoms with Crippen molar-refractivity contribution < 1.29 is 13.9 Å². The van der Waals surface area contributed by atoms with E-state index in [0.717, 1.165) is 0 Å². The zero-order valence-corrected chi connectivity index (χ0v) is 12.7. The molecule has 2 aromatic rings. The van der Waals surface area contributed by atoms with Crippen LogP contribution in [0.3, 0.4) is 0 Å². The molecule has 0 aliphatic rings. The fourth-order valence-electron chi connectivity index (χ4n) is 1.70. The normalized spacial score (nSPS) is 10.3. The Morgan fingerprint density at radius 3 is 2.73 bits per heavy atom. The van der Waals surface area contributed by atoms with Gasteiger partial charge in [-0.1, -0.05) is 11.6 Å². The summed E-state index contributed by atoms with van der Waals surface area (Å²) >= 11 is 5.71.